The minimum Gasteiger partial charge on any atom is -0.351 e. The van der Waals surface area contributed by atoms with E-state index in [0.717, 1.165) is 17.7 Å². The summed E-state index contributed by atoms with van der Waals surface area (Å²) in [4.78, 5) is 17.0. The molecule has 1 saturated heterocycles. The standard InChI is InChI=1S/C12H15N5O/c13-12(18)17-6-3-10-9(7-17)11(16-15-10)8-1-4-14-5-2-8/h1-2,4-5,9-10,15H,3,6-7H2,(H2,13,18). The summed E-state index contributed by atoms with van der Waals surface area (Å²) in [5.74, 6) is 0.216. The van der Waals surface area contributed by atoms with Gasteiger partial charge < -0.3 is 16.1 Å². The van der Waals surface area contributed by atoms with Gasteiger partial charge in [0.15, 0.2) is 0 Å². The average Bonchev–Trinajstić information content (AvgIpc) is 2.82. The molecule has 1 aromatic heterocycles. The molecule has 2 amide bonds. The van der Waals surface area contributed by atoms with Crippen LogP contribution in [0, 0.1) is 5.92 Å². The van der Waals surface area contributed by atoms with Crippen LogP contribution >= 0.6 is 0 Å². The largest absolute Gasteiger partial charge is 0.351 e. The molecule has 18 heavy (non-hydrogen) atoms. The van der Waals surface area contributed by atoms with Gasteiger partial charge in [0.2, 0.25) is 0 Å². The van der Waals surface area contributed by atoms with Crippen molar-refractivity contribution in [1.82, 2.24) is 15.3 Å². The molecule has 3 heterocycles. The number of nitrogens with zero attached hydrogens (tertiary/aromatic N) is 3. The van der Waals surface area contributed by atoms with Gasteiger partial charge in [-0.2, -0.15) is 5.10 Å². The van der Waals surface area contributed by atoms with Crippen molar-refractivity contribution in [3.63, 3.8) is 0 Å². The Bertz CT molecular complexity index is 487. The van der Waals surface area contributed by atoms with Crippen LogP contribution in [0.4, 0.5) is 4.79 Å². The van der Waals surface area contributed by atoms with Crippen LogP contribution in [-0.2, 0) is 0 Å². The lowest BCUT2D eigenvalue weighted by Gasteiger charge is -2.33. The minimum absolute atomic E-state index is 0.216. The first-order chi connectivity index (χ1) is 8.75. The van der Waals surface area contributed by atoms with Crippen molar-refractivity contribution in [3.8, 4) is 0 Å². The molecular formula is C12H15N5O. The number of hydrazone groups is 1. The van der Waals surface area contributed by atoms with Gasteiger partial charge in [-0.15, -0.1) is 0 Å². The molecule has 3 N–H and O–H groups in total. The lowest BCUT2D eigenvalue weighted by Crippen LogP contribution is -2.50. The van der Waals surface area contributed by atoms with Gasteiger partial charge in [-0.05, 0) is 18.6 Å². The Hall–Kier alpha value is -2.11. The number of carbonyl (C=O) groups is 1. The second kappa shape index (κ2) is 4.29. The fourth-order valence-corrected chi connectivity index (χ4v) is 2.62. The maximum Gasteiger partial charge on any atom is 0.314 e. The van der Waals surface area contributed by atoms with Gasteiger partial charge in [0.1, 0.15) is 0 Å². The molecule has 0 aliphatic carbocycles. The zero-order chi connectivity index (χ0) is 12.5. The molecule has 2 aliphatic rings. The van der Waals surface area contributed by atoms with Crippen LogP contribution in [0.5, 0.6) is 0 Å². The molecule has 2 aliphatic heterocycles. The van der Waals surface area contributed by atoms with E-state index in [0.29, 0.717) is 19.1 Å². The van der Waals surface area contributed by atoms with E-state index in [1.807, 2.05) is 12.1 Å². The van der Waals surface area contributed by atoms with Crippen LogP contribution in [0.1, 0.15) is 12.0 Å². The average molecular weight is 245 g/mol. The molecule has 0 radical (unpaired) electrons. The molecule has 6 heteroatoms. The van der Waals surface area contributed by atoms with Crippen LogP contribution in [0.25, 0.3) is 0 Å². The number of nitrogens with one attached hydrogen (secondary N) is 1. The summed E-state index contributed by atoms with van der Waals surface area (Å²) < 4.78 is 0. The van der Waals surface area contributed by atoms with Crippen LogP contribution in [0.15, 0.2) is 29.6 Å². The van der Waals surface area contributed by atoms with E-state index in [2.05, 4.69) is 15.5 Å². The number of likely N-dealkylation sites (tertiary alicyclic amines) is 1. The van der Waals surface area contributed by atoms with E-state index >= 15 is 0 Å². The first-order valence-corrected chi connectivity index (χ1v) is 6.03. The smallest absolute Gasteiger partial charge is 0.314 e. The monoisotopic (exact) mass is 245 g/mol. The molecule has 6 nitrogen and oxygen atoms in total. The van der Waals surface area contributed by atoms with Crippen molar-refractivity contribution in [3.05, 3.63) is 30.1 Å². The highest BCUT2D eigenvalue weighted by atomic mass is 16.2. The van der Waals surface area contributed by atoms with E-state index in [9.17, 15) is 4.79 Å². The van der Waals surface area contributed by atoms with Gasteiger partial charge in [-0.25, -0.2) is 4.79 Å². The van der Waals surface area contributed by atoms with Gasteiger partial charge >= 0.3 is 6.03 Å². The minimum atomic E-state index is -0.352. The molecule has 2 atom stereocenters. The van der Waals surface area contributed by atoms with E-state index in [-0.39, 0.29) is 11.9 Å². The van der Waals surface area contributed by atoms with Crippen molar-refractivity contribution < 1.29 is 4.79 Å². The Balaban J connectivity index is 1.83. The number of amides is 2. The second-order valence-electron chi connectivity index (χ2n) is 4.65. The molecular weight excluding hydrogens is 230 g/mol. The number of pyridine rings is 1. The number of rotatable bonds is 1. The molecule has 94 valence electrons. The second-order valence-corrected chi connectivity index (χ2v) is 4.65. The Morgan fingerprint density at radius 2 is 2.22 bits per heavy atom. The van der Waals surface area contributed by atoms with E-state index in [1.165, 1.54) is 0 Å². The summed E-state index contributed by atoms with van der Waals surface area (Å²) in [5.41, 5.74) is 10.6. The van der Waals surface area contributed by atoms with Crippen molar-refractivity contribution in [1.29, 1.82) is 0 Å². The number of urea groups is 1. The van der Waals surface area contributed by atoms with Crippen LogP contribution in [0.3, 0.4) is 0 Å². The molecule has 0 aromatic carbocycles. The SMILES string of the molecule is NC(=O)N1CCC2NN=C(c3ccncc3)C2C1. The Morgan fingerprint density at radius 1 is 1.44 bits per heavy atom. The Morgan fingerprint density at radius 3 is 2.94 bits per heavy atom. The predicted molar refractivity (Wildman–Crippen MR) is 67.0 cm³/mol. The molecule has 0 bridgehead atoms. The van der Waals surface area contributed by atoms with Crippen LogP contribution < -0.4 is 11.2 Å². The number of piperidine rings is 1. The zero-order valence-electron chi connectivity index (χ0n) is 9.91. The quantitative estimate of drug-likeness (QED) is 0.739. The highest BCUT2D eigenvalue weighted by Crippen LogP contribution is 2.25. The van der Waals surface area contributed by atoms with Crippen molar-refractivity contribution in [2.75, 3.05) is 13.1 Å². The first kappa shape index (κ1) is 11.0. The molecule has 3 rings (SSSR count). The number of hydrogen-bond acceptors (Lipinski definition) is 4. The summed E-state index contributed by atoms with van der Waals surface area (Å²) in [5, 5.41) is 4.40. The van der Waals surface area contributed by atoms with E-state index in [1.54, 1.807) is 17.3 Å². The normalized spacial score (nSPS) is 26.2. The van der Waals surface area contributed by atoms with E-state index < -0.39 is 0 Å². The highest BCUT2D eigenvalue weighted by Gasteiger charge is 2.38. The van der Waals surface area contributed by atoms with Crippen molar-refractivity contribution in [2.45, 2.75) is 12.5 Å². The topological polar surface area (TPSA) is 83.6 Å². The molecule has 1 aromatic rings. The van der Waals surface area contributed by atoms with Gasteiger partial charge in [-0.3, -0.25) is 4.98 Å². The summed E-state index contributed by atoms with van der Waals surface area (Å²) in [6, 6.07) is 3.83. The number of aromatic nitrogens is 1. The summed E-state index contributed by atoms with van der Waals surface area (Å²) in [6.07, 6.45) is 4.38. The zero-order valence-corrected chi connectivity index (χ0v) is 9.91. The van der Waals surface area contributed by atoms with Crippen molar-refractivity contribution in [2.24, 2.45) is 16.8 Å². The molecule has 1 fully saturated rings. The van der Waals surface area contributed by atoms with Crippen LogP contribution in [-0.4, -0.2) is 40.8 Å². The fraction of sp³-hybridized carbons (Fsp3) is 0.417. The maximum atomic E-state index is 11.3. The number of nitrogens with two attached hydrogens (primary N) is 1. The van der Waals surface area contributed by atoms with Gasteiger partial charge in [0.05, 0.1) is 11.8 Å². The van der Waals surface area contributed by atoms with Gasteiger partial charge in [0.25, 0.3) is 0 Å². The first-order valence-electron chi connectivity index (χ1n) is 6.03. The van der Waals surface area contributed by atoms with Gasteiger partial charge in [0, 0.05) is 37.0 Å². The summed E-state index contributed by atoms with van der Waals surface area (Å²) in [6.45, 7) is 1.33. The lowest BCUT2D eigenvalue weighted by atomic mass is 9.87. The number of carbonyl (C=O) groups excluding carboxylic acids is 1. The van der Waals surface area contributed by atoms with E-state index in [4.69, 9.17) is 5.73 Å². The van der Waals surface area contributed by atoms with Gasteiger partial charge in [-0.1, -0.05) is 0 Å². The summed E-state index contributed by atoms with van der Waals surface area (Å²) in [7, 11) is 0. The third kappa shape index (κ3) is 1.79. The third-order valence-corrected chi connectivity index (χ3v) is 3.60. The van der Waals surface area contributed by atoms with Crippen LogP contribution in [0.2, 0.25) is 0 Å². The number of primary amides is 1. The molecule has 2 unspecified atom stereocenters. The number of fused-ring (bicyclic) bond motifs is 1. The lowest BCUT2D eigenvalue weighted by molar-refractivity contribution is 0.177. The summed E-state index contributed by atoms with van der Waals surface area (Å²) >= 11 is 0. The fourth-order valence-electron chi connectivity index (χ4n) is 2.62. The van der Waals surface area contributed by atoms with Crippen molar-refractivity contribution >= 4 is 11.7 Å². The molecule has 0 spiro atoms. The molecule has 0 saturated carbocycles. The maximum absolute atomic E-state index is 11.3. The number of hydrogen-bond donors (Lipinski definition) is 2. The third-order valence-electron chi connectivity index (χ3n) is 3.60. The highest BCUT2D eigenvalue weighted by molar-refractivity contribution is 6.03. The predicted octanol–water partition coefficient (Wildman–Crippen LogP) is 0.158. The Labute approximate surface area is 105 Å². The Kier molecular flexibility index (Phi) is 2.62.